The average molecular weight is 343 g/mol. The lowest BCUT2D eigenvalue weighted by molar-refractivity contribution is -0.150. The Bertz CT molecular complexity index is 471. The SMILES string of the molecule is CC(=O)O[C@@]1(C)C[C@@]1(/C=C\[Si](C)(C)C)O[Si](C)(C)C(C)(C)C. The molecule has 0 radical (unpaired) electrons. The Hall–Kier alpha value is -0.396. The predicted octanol–water partition coefficient (Wildman–Crippen LogP) is 4.91. The molecule has 1 saturated carbocycles. The van der Waals surface area contributed by atoms with Crippen LogP contribution in [-0.2, 0) is 14.0 Å². The largest absolute Gasteiger partial charge is 0.456 e. The first-order valence-corrected chi connectivity index (χ1v) is 14.6. The van der Waals surface area contributed by atoms with E-state index in [9.17, 15) is 4.79 Å². The fourth-order valence-corrected chi connectivity index (χ4v) is 4.65. The molecule has 1 aliphatic carbocycles. The zero-order chi connectivity index (χ0) is 17.6. The van der Waals surface area contributed by atoms with Gasteiger partial charge in [0.2, 0.25) is 0 Å². The Morgan fingerprint density at radius 2 is 1.64 bits per heavy atom. The van der Waals surface area contributed by atoms with Crippen LogP contribution < -0.4 is 0 Å². The van der Waals surface area contributed by atoms with Gasteiger partial charge >= 0.3 is 5.97 Å². The van der Waals surface area contributed by atoms with Crippen molar-refractivity contribution in [2.75, 3.05) is 0 Å². The van der Waals surface area contributed by atoms with E-state index in [1.807, 2.05) is 6.92 Å². The van der Waals surface area contributed by atoms with Crippen molar-refractivity contribution >= 4 is 22.4 Å². The van der Waals surface area contributed by atoms with Gasteiger partial charge in [0.05, 0.1) is 8.07 Å². The van der Waals surface area contributed by atoms with Crippen LogP contribution in [0.5, 0.6) is 0 Å². The summed E-state index contributed by atoms with van der Waals surface area (Å²) in [6.45, 7) is 21.6. The van der Waals surface area contributed by atoms with Crippen molar-refractivity contribution in [1.29, 1.82) is 0 Å². The van der Waals surface area contributed by atoms with E-state index in [0.29, 0.717) is 0 Å². The molecular formula is C17H34O3Si2. The lowest BCUT2D eigenvalue weighted by Crippen LogP contribution is -2.47. The highest BCUT2D eigenvalue weighted by molar-refractivity contribution is 6.81. The minimum atomic E-state index is -1.94. The zero-order valence-electron chi connectivity index (χ0n) is 16.1. The van der Waals surface area contributed by atoms with Gasteiger partial charge in [-0.1, -0.05) is 52.2 Å². The molecule has 0 aromatic rings. The molecule has 0 spiro atoms. The van der Waals surface area contributed by atoms with Gasteiger partial charge in [0.15, 0.2) is 8.32 Å². The molecule has 1 rings (SSSR count). The lowest BCUT2D eigenvalue weighted by atomic mass is 10.2. The van der Waals surface area contributed by atoms with Crippen LogP contribution in [0.1, 0.15) is 41.0 Å². The van der Waals surface area contributed by atoms with Crippen molar-refractivity contribution in [3.8, 4) is 0 Å². The van der Waals surface area contributed by atoms with Crippen molar-refractivity contribution in [1.82, 2.24) is 0 Å². The van der Waals surface area contributed by atoms with Crippen LogP contribution in [0.4, 0.5) is 0 Å². The summed E-state index contributed by atoms with van der Waals surface area (Å²) in [4.78, 5) is 11.5. The molecule has 0 unspecified atom stereocenters. The summed E-state index contributed by atoms with van der Waals surface area (Å²) in [5, 5.41) is 0.132. The Labute approximate surface area is 138 Å². The van der Waals surface area contributed by atoms with Crippen LogP contribution >= 0.6 is 0 Å². The number of rotatable bonds is 5. The van der Waals surface area contributed by atoms with E-state index in [4.69, 9.17) is 9.16 Å². The smallest absolute Gasteiger partial charge is 0.303 e. The molecule has 0 aliphatic heterocycles. The Balaban J connectivity index is 3.12. The van der Waals surface area contributed by atoms with Gasteiger partial charge in [-0.15, -0.1) is 0 Å². The second-order valence-corrected chi connectivity index (χ2v) is 19.2. The third-order valence-corrected chi connectivity index (χ3v) is 10.5. The maximum Gasteiger partial charge on any atom is 0.303 e. The van der Waals surface area contributed by atoms with Crippen molar-refractivity contribution in [2.24, 2.45) is 0 Å². The van der Waals surface area contributed by atoms with Crippen molar-refractivity contribution < 1.29 is 14.0 Å². The number of esters is 1. The molecule has 0 heterocycles. The summed E-state index contributed by atoms with van der Waals surface area (Å²) < 4.78 is 12.3. The molecule has 0 amide bonds. The van der Waals surface area contributed by atoms with Crippen LogP contribution in [0.25, 0.3) is 0 Å². The van der Waals surface area contributed by atoms with Crippen LogP contribution in [0, 0.1) is 0 Å². The Kier molecular flexibility index (Phi) is 5.00. The highest BCUT2D eigenvalue weighted by atomic mass is 28.4. The van der Waals surface area contributed by atoms with E-state index in [1.165, 1.54) is 6.92 Å². The van der Waals surface area contributed by atoms with Crippen LogP contribution in [0.3, 0.4) is 0 Å². The number of ether oxygens (including phenoxy) is 1. The maximum absolute atomic E-state index is 11.5. The Morgan fingerprint density at radius 3 is 2.00 bits per heavy atom. The van der Waals surface area contributed by atoms with E-state index < -0.39 is 27.6 Å². The van der Waals surface area contributed by atoms with Gasteiger partial charge in [-0.3, -0.25) is 4.79 Å². The molecule has 0 bridgehead atoms. The summed E-state index contributed by atoms with van der Waals surface area (Å²) in [5.74, 6) is -0.232. The third kappa shape index (κ3) is 4.33. The molecular weight excluding hydrogens is 308 g/mol. The first kappa shape index (κ1) is 19.7. The van der Waals surface area contributed by atoms with Crippen molar-refractivity contribution in [3.63, 3.8) is 0 Å². The highest BCUT2D eigenvalue weighted by Crippen LogP contribution is 2.58. The summed E-state index contributed by atoms with van der Waals surface area (Å²) in [6.07, 6.45) is 2.95. The maximum atomic E-state index is 11.5. The minimum absolute atomic E-state index is 0.132. The number of hydrogen-bond donors (Lipinski definition) is 0. The summed E-state index contributed by atoms with van der Waals surface area (Å²) in [7, 11) is -3.28. The molecule has 1 fully saturated rings. The van der Waals surface area contributed by atoms with E-state index in [0.717, 1.165) is 6.42 Å². The fraction of sp³-hybridized carbons (Fsp3) is 0.824. The number of hydrogen-bond acceptors (Lipinski definition) is 3. The monoisotopic (exact) mass is 342 g/mol. The molecule has 1 aliphatic rings. The van der Waals surface area contributed by atoms with Crippen LogP contribution in [0.15, 0.2) is 11.8 Å². The molecule has 128 valence electrons. The lowest BCUT2D eigenvalue weighted by Gasteiger charge is -2.40. The zero-order valence-corrected chi connectivity index (χ0v) is 18.1. The van der Waals surface area contributed by atoms with Gasteiger partial charge in [-0.25, -0.2) is 0 Å². The fourth-order valence-electron chi connectivity index (χ4n) is 2.30. The average Bonchev–Trinajstić information content (AvgIpc) is 2.75. The van der Waals surface area contributed by atoms with Gasteiger partial charge in [0.25, 0.3) is 0 Å². The second kappa shape index (κ2) is 5.60. The van der Waals surface area contributed by atoms with Gasteiger partial charge in [0, 0.05) is 13.3 Å². The number of carbonyl (C=O) groups is 1. The van der Waals surface area contributed by atoms with Gasteiger partial charge in [-0.05, 0) is 25.1 Å². The van der Waals surface area contributed by atoms with Gasteiger partial charge in [-0.2, -0.15) is 0 Å². The minimum Gasteiger partial charge on any atom is -0.456 e. The first-order chi connectivity index (χ1) is 9.54. The molecule has 0 saturated heterocycles. The highest BCUT2D eigenvalue weighted by Gasteiger charge is 2.69. The summed E-state index contributed by atoms with van der Waals surface area (Å²) >= 11 is 0. The molecule has 2 atom stereocenters. The van der Waals surface area contributed by atoms with Gasteiger partial charge < -0.3 is 9.16 Å². The molecule has 0 aromatic carbocycles. The van der Waals surface area contributed by atoms with E-state index in [-0.39, 0.29) is 11.0 Å². The van der Waals surface area contributed by atoms with E-state index in [2.05, 4.69) is 65.3 Å². The topological polar surface area (TPSA) is 35.5 Å². The molecule has 3 nitrogen and oxygen atoms in total. The standard InChI is InChI=1S/C17H34O3Si2/c1-14(18)19-16(5)13-17(16,11-12-21(6,7)8)20-22(9,10)15(2,3)4/h11-12H,13H2,1-10H3/b12-11-/t16-,17+/m0/s1. The van der Waals surface area contributed by atoms with Gasteiger partial charge in [0.1, 0.15) is 11.2 Å². The summed E-state index contributed by atoms with van der Waals surface area (Å²) in [5.41, 5.74) is 1.35. The number of carbonyl (C=O) groups excluding carboxylic acids is 1. The Morgan fingerprint density at radius 1 is 1.14 bits per heavy atom. The quantitative estimate of drug-likeness (QED) is 0.526. The predicted molar refractivity (Wildman–Crippen MR) is 98.3 cm³/mol. The molecule has 5 heteroatoms. The van der Waals surface area contributed by atoms with E-state index in [1.54, 1.807) is 0 Å². The first-order valence-electron chi connectivity index (χ1n) is 8.14. The van der Waals surface area contributed by atoms with E-state index >= 15 is 0 Å². The summed E-state index contributed by atoms with van der Waals surface area (Å²) in [6, 6.07) is 0. The van der Waals surface area contributed by atoms with Crippen molar-refractivity contribution in [3.05, 3.63) is 11.8 Å². The normalized spacial score (nSPS) is 29.7. The van der Waals surface area contributed by atoms with Crippen molar-refractivity contribution in [2.45, 2.75) is 90.0 Å². The molecule has 22 heavy (non-hydrogen) atoms. The van der Waals surface area contributed by atoms with Crippen LogP contribution in [0.2, 0.25) is 37.8 Å². The second-order valence-electron chi connectivity index (χ2n) is 9.45. The molecule has 0 aromatic heterocycles. The van der Waals surface area contributed by atoms with Crippen LogP contribution in [-0.4, -0.2) is 33.6 Å². The molecule has 0 N–H and O–H groups in total. The third-order valence-electron chi connectivity index (χ3n) is 4.84.